The Morgan fingerprint density at radius 3 is 3.09 bits per heavy atom. The summed E-state index contributed by atoms with van der Waals surface area (Å²) in [4.78, 5) is 13.1. The number of rotatable bonds is 0. The quantitative estimate of drug-likeness (QED) is 0.618. The van der Waals surface area contributed by atoms with Gasteiger partial charge >= 0.3 is 5.76 Å². The van der Waals surface area contributed by atoms with Crippen molar-refractivity contribution < 1.29 is 4.42 Å². The molecule has 0 saturated carbocycles. The van der Waals surface area contributed by atoms with E-state index in [4.69, 9.17) is 16.0 Å². The number of benzene rings is 1. The summed E-state index contributed by atoms with van der Waals surface area (Å²) in [7, 11) is 0. The predicted molar refractivity (Wildman–Crippen MR) is 41.8 cm³/mol. The molecule has 0 fully saturated rings. The van der Waals surface area contributed by atoms with Gasteiger partial charge in [0.15, 0.2) is 5.58 Å². The van der Waals surface area contributed by atoms with Crippen molar-refractivity contribution in [2.45, 2.75) is 0 Å². The van der Waals surface area contributed by atoms with Crippen molar-refractivity contribution in [2.75, 3.05) is 0 Å². The van der Waals surface area contributed by atoms with Gasteiger partial charge in [0.25, 0.3) is 0 Å². The number of nitrogens with one attached hydrogen (secondary N) is 1. The highest BCUT2D eigenvalue weighted by molar-refractivity contribution is 6.31. The third-order valence-corrected chi connectivity index (χ3v) is 1.62. The lowest BCUT2D eigenvalue weighted by molar-refractivity contribution is 0.555. The number of hydrogen-bond acceptors (Lipinski definition) is 2. The summed E-state index contributed by atoms with van der Waals surface area (Å²) in [5, 5.41) is 0.578. The van der Waals surface area contributed by atoms with Crippen molar-refractivity contribution >= 4 is 22.7 Å². The first-order chi connectivity index (χ1) is 5.25. The molecule has 0 radical (unpaired) electrons. The minimum Gasteiger partial charge on any atom is -0.408 e. The Labute approximate surface area is 66.6 Å². The highest BCUT2D eigenvalue weighted by Crippen LogP contribution is 2.15. The second kappa shape index (κ2) is 2.13. The summed E-state index contributed by atoms with van der Waals surface area (Å²) < 4.78 is 4.75. The van der Waals surface area contributed by atoms with Crippen LogP contribution in [0.4, 0.5) is 0 Å². The molecular weight excluding hydrogens is 170 g/mol. The number of oxazole rings is 1. The molecule has 1 heterocycles. The summed E-state index contributed by atoms with van der Waals surface area (Å²) >= 11 is 5.66. The number of aromatic nitrogens is 1. The van der Waals surface area contributed by atoms with Crippen LogP contribution in [-0.2, 0) is 0 Å². The minimum absolute atomic E-state index is 0.456. The molecule has 2 aromatic rings. The molecular formula is C7H4ClNO2. The van der Waals surface area contributed by atoms with Gasteiger partial charge in [-0.3, -0.25) is 4.98 Å². The van der Waals surface area contributed by atoms with E-state index in [-0.39, 0.29) is 0 Å². The van der Waals surface area contributed by atoms with Crippen LogP contribution in [0.25, 0.3) is 11.1 Å². The maximum atomic E-state index is 10.6. The van der Waals surface area contributed by atoms with Gasteiger partial charge in [0.05, 0.1) is 5.52 Å². The molecule has 0 saturated heterocycles. The molecule has 0 spiro atoms. The summed E-state index contributed by atoms with van der Waals surface area (Å²) in [5.41, 5.74) is 1.15. The highest BCUT2D eigenvalue weighted by atomic mass is 35.5. The van der Waals surface area contributed by atoms with Crippen LogP contribution in [0, 0.1) is 0 Å². The van der Waals surface area contributed by atoms with E-state index in [1.165, 1.54) is 0 Å². The average Bonchev–Trinajstić information content (AvgIpc) is 2.27. The molecule has 2 rings (SSSR count). The monoisotopic (exact) mass is 173 g/mol. The SMILES string of the molecule is [18O]=[13c]1[15nH]c2cc(Cl)ccc2o1. The number of halogens is 1. The van der Waals surface area contributed by atoms with Gasteiger partial charge in [-0.2, -0.15) is 0 Å². The maximum absolute atomic E-state index is 10.6. The van der Waals surface area contributed by atoms with E-state index in [0.29, 0.717) is 16.1 Å². The smallest absolute Gasteiger partial charge is 0.408 e. The largest absolute Gasteiger partial charge is 0.417 e. The van der Waals surface area contributed by atoms with E-state index in [2.05, 4.69) is 4.98 Å². The first-order valence-corrected chi connectivity index (χ1v) is 3.42. The van der Waals surface area contributed by atoms with E-state index < -0.39 is 5.76 Å². The molecule has 0 aliphatic heterocycles. The molecule has 0 amide bonds. The lowest BCUT2D eigenvalue weighted by atomic mass is 10.3. The molecule has 56 valence electrons. The van der Waals surface area contributed by atoms with E-state index >= 15 is 0 Å². The Hall–Kier alpha value is -1.22. The Balaban J connectivity index is 2.92. The van der Waals surface area contributed by atoms with Crippen molar-refractivity contribution in [3.05, 3.63) is 33.8 Å². The van der Waals surface area contributed by atoms with Crippen LogP contribution in [-0.4, -0.2) is 4.98 Å². The van der Waals surface area contributed by atoms with Gasteiger partial charge in [-0.05, 0) is 18.2 Å². The zero-order valence-electron chi connectivity index (χ0n) is 5.43. The number of fused-ring (bicyclic) bond motifs is 1. The number of aromatic amines is 1. The molecule has 0 atom stereocenters. The van der Waals surface area contributed by atoms with Crippen LogP contribution >= 0.6 is 11.6 Å². The molecule has 1 aromatic carbocycles. The Kier molecular flexibility index (Phi) is 1.26. The maximum Gasteiger partial charge on any atom is 0.417 e. The minimum atomic E-state index is -0.456. The van der Waals surface area contributed by atoms with Gasteiger partial charge in [0.2, 0.25) is 0 Å². The molecule has 11 heavy (non-hydrogen) atoms. The van der Waals surface area contributed by atoms with Crippen LogP contribution in [0.2, 0.25) is 5.02 Å². The number of hydrogen-bond donors (Lipinski definition) is 1. The Morgan fingerprint density at radius 2 is 2.27 bits per heavy atom. The summed E-state index contributed by atoms with van der Waals surface area (Å²) in [6.07, 6.45) is 0. The number of H-pyrrole nitrogens is 1. The van der Waals surface area contributed by atoms with E-state index in [1.54, 1.807) is 18.2 Å². The molecule has 1 aromatic heterocycles. The zero-order chi connectivity index (χ0) is 7.84. The lowest BCUT2D eigenvalue weighted by Crippen LogP contribution is -1.92. The van der Waals surface area contributed by atoms with E-state index in [1.807, 2.05) is 0 Å². The molecule has 4 heteroatoms. The van der Waals surface area contributed by atoms with Gasteiger partial charge in [-0.25, -0.2) is 4.79 Å². The van der Waals surface area contributed by atoms with E-state index in [9.17, 15) is 4.79 Å². The topological polar surface area (TPSA) is 46.0 Å². The van der Waals surface area contributed by atoms with Crippen molar-refractivity contribution in [1.82, 2.24) is 4.98 Å². The molecule has 3 nitrogen and oxygen atoms in total. The summed E-state index contributed by atoms with van der Waals surface area (Å²) in [5.74, 6) is -0.456. The van der Waals surface area contributed by atoms with Crippen LogP contribution in [0.1, 0.15) is 0 Å². The van der Waals surface area contributed by atoms with E-state index in [0.717, 1.165) is 0 Å². The van der Waals surface area contributed by atoms with Crippen molar-refractivity contribution in [3.8, 4) is 0 Å². The average molecular weight is 174 g/mol. The molecule has 0 aliphatic carbocycles. The van der Waals surface area contributed by atoms with Crippen LogP contribution < -0.4 is 5.76 Å². The van der Waals surface area contributed by atoms with Gasteiger partial charge < -0.3 is 4.42 Å². The lowest BCUT2D eigenvalue weighted by Gasteiger charge is -1.86. The van der Waals surface area contributed by atoms with Crippen molar-refractivity contribution in [2.24, 2.45) is 0 Å². The summed E-state index contributed by atoms with van der Waals surface area (Å²) in [6.45, 7) is 0. The predicted octanol–water partition coefficient (Wildman–Crippen LogP) is 1.77. The van der Waals surface area contributed by atoms with Crippen molar-refractivity contribution in [3.63, 3.8) is 0 Å². The van der Waals surface area contributed by atoms with Gasteiger partial charge in [0, 0.05) is 5.02 Å². The van der Waals surface area contributed by atoms with Gasteiger partial charge in [-0.15, -0.1) is 0 Å². The molecule has 0 bridgehead atoms. The van der Waals surface area contributed by atoms with Crippen LogP contribution in [0.5, 0.6) is 0 Å². The second-order valence-electron chi connectivity index (χ2n) is 2.16. The third-order valence-electron chi connectivity index (χ3n) is 1.38. The first kappa shape index (κ1) is 6.49. The first-order valence-electron chi connectivity index (χ1n) is 3.04. The zero-order valence-corrected chi connectivity index (χ0v) is 6.18. The fourth-order valence-electron chi connectivity index (χ4n) is 0.924. The molecule has 1 N–H and O–H groups in total. The molecule has 0 aliphatic rings. The summed E-state index contributed by atoms with van der Waals surface area (Å²) in [6, 6.07) is 4.96. The van der Waals surface area contributed by atoms with Gasteiger partial charge in [0.1, 0.15) is 0 Å². The van der Waals surface area contributed by atoms with Crippen LogP contribution in [0.15, 0.2) is 27.4 Å². The normalized spacial score (nSPS) is 10.6. The Morgan fingerprint density at radius 1 is 1.45 bits per heavy atom. The van der Waals surface area contributed by atoms with Crippen molar-refractivity contribution in [1.29, 1.82) is 0 Å². The standard InChI is InChI=1S/C7H4ClNO2/c8-4-1-2-6-5(3-4)9-7(10)11-6/h1-3H,(H,9,10)/i7+1,9+1,10+2. The fraction of sp³-hybridized carbons (Fsp3) is 0. The fourth-order valence-corrected chi connectivity index (χ4v) is 1.10. The van der Waals surface area contributed by atoms with Crippen LogP contribution in [0.3, 0.4) is 0 Å². The second-order valence-corrected chi connectivity index (χ2v) is 2.59. The van der Waals surface area contributed by atoms with Gasteiger partial charge in [-0.1, -0.05) is 11.6 Å². The third kappa shape index (κ3) is 1.03. The highest BCUT2D eigenvalue weighted by Gasteiger charge is 1.99. The molecule has 0 unspecified atom stereocenters. The Bertz CT molecular complexity index is 443.